The Labute approximate surface area is 97.0 Å². The van der Waals surface area contributed by atoms with Crippen molar-refractivity contribution in [3.8, 4) is 0 Å². The van der Waals surface area contributed by atoms with Gasteiger partial charge in [-0.25, -0.2) is 0 Å². The van der Waals surface area contributed by atoms with Crippen LogP contribution in [-0.4, -0.2) is 29.0 Å². The fourth-order valence-corrected chi connectivity index (χ4v) is 2.31. The number of nitrogens with zero attached hydrogens (tertiary/aromatic N) is 2. The summed E-state index contributed by atoms with van der Waals surface area (Å²) in [5, 5.41) is 7.74. The molecule has 4 heteroatoms. The summed E-state index contributed by atoms with van der Waals surface area (Å²) in [6.07, 6.45) is 7.93. The van der Waals surface area contributed by atoms with Crippen LogP contribution < -0.4 is 5.32 Å². The van der Waals surface area contributed by atoms with E-state index in [1.165, 1.54) is 18.4 Å². The molecule has 90 valence electrons. The minimum absolute atomic E-state index is 0.291. The number of likely N-dealkylation sites (N-methyl/N-ethyl adjacent to an activating group) is 1. The lowest BCUT2D eigenvalue weighted by Crippen LogP contribution is -2.35. The minimum Gasteiger partial charge on any atom is -0.376 e. The van der Waals surface area contributed by atoms with Gasteiger partial charge in [0.15, 0.2) is 0 Å². The van der Waals surface area contributed by atoms with Gasteiger partial charge in [-0.05, 0) is 25.8 Å². The molecule has 0 aliphatic carbocycles. The van der Waals surface area contributed by atoms with Gasteiger partial charge in [-0.2, -0.15) is 5.10 Å². The van der Waals surface area contributed by atoms with Gasteiger partial charge in [0.2, 0.25) is 0 Å². The molecule has 2 unspecified atom stereocenters. The highest BCUT2D eigenvalue weighted by molar-refractivity contribution is 5.12. The molecule has 0 spiro atoms. The van der Waals surface area contributed by atoms with Crippen LogP contribution in [0.5, 0.6) is 0 Å². The monoisotopic (exact) mass is 223 g/mol. The maximum Gasteiger partial charge on any atom is 0.0770 e. The fraction of sp³-hybridized carbons (Fsp3) is 0.750. The Hall–Kier alpha value is -0.870. The zero-order chi connectivity index (χ0) is 11.4. The normalized spacial score (nSPS) is 23.2. The maximum atomic E-state index is 5.86. The molecule has 1 N–H and O–H groups in total. The second-order valence-electron chi connectivity index (χ2n) is 4.39. The lowest BCUT2D eigenvalue weighted by Gasteiger charge is -2.30. The molecule has 1 aromatic rings. The molecular formula is C12H21N3O. The number of aryl methyl sites for hydroxylation is 1. The molecule has 4 nitrogen and oxygen atoms in total. The van der Waals surface area contributed by atoms with Crippen molar-refractivity contribution < 1.29 is 4.74 Å². The number of ether oxygens (including phenoxy) is 1. The van der Waals surface area contributed by atoms with Crippen molar-refractivity contribution in [1.29, 1.82) is 0 Å². The third-order valence-electron chi connectivity index (χ3n) is 3.09. The third kappa shape index (κ3) is 2.62. The second-order valence-corrected chi connectivity index (χ2v) is 4.39. The van der Waals surface area contributed by atoms with Gasteiger partial charge in [-0.3, -0.25) is 4.68 Å². The van der Waals surface area contributed by atoms with Gasteiger partial charge in [-0.15, -0.1) is 0 Å². The van der Waals surface area contributed by atoms with Crippen molar-refractivity contribution >= 4 is 0 Å². The van der Waals surface area contributed by atoms with E-state index < -0.39 is 0 Å². The first-order valence-corrected chi connectivity index (χ1v) is 6.14. The minimum atomic E-state index is 0.291. The van der Waals surface area contributed by atoms with E-state index in [-0.39, 0.29) is 0 Å². The Morgan fingerprint density at radius 1 is 1.62 bits per heavy atom. The van der Waals surface area contributed by atoms with E-state index in [9.17, 15) is 0 Å². The standard InChI is InChI=1S/C12H21N3O/c1-3-13-12(10-8-14-15(2)9-10)11-6-4-5-7-16-11/h8-9,11-13H,3-7H2,1-2H3. The van der Waals surface area contributed by atoms with E-state index in [1.807, 2.05) is 17.9 Å². The van der Waals surface area contributed by atoms with Gasteiger partial charge >= 0.3 is 0 Å². The highest BCUT2D eigenvalue weighted by Gasteiger charge is 2.25. The highest BCUT2D eigenvalue weighted by atomic mass is 16.5. The molecule has 2 atom stereocenters. The summed E-state index contributed by atoms with van der Waals surface area (Å²) in [5.74, 6) is 0. The lowest BCUT2D eigenvalue weighted by molar-refractivity contribution is -0.00787. The van der Waals surface area contributed by atoms with Crippen molar-refractivity contribution in [2.75, 3.05) is 13.2 Å². The van der Waals surface area contributed by atoms with Crippen LogP contribution in [0.25, 0.3) is 0 Å². The Morgan fingerprint density at radius 2 is 2.50 bits per heavy atom. The number of nitrogens with one attached hydrogen (secondary N) is 1. The molecular weight excluding hydrogens is 202 g/mol. The van der Waals surface area contributed by atoms with E-state index in [0.717, 1.165) is 19.6 Å². The van der Waals surface area contributed by atoms with Crippen molar-refractivity contribution in [3.05, 3.63) is 18.0 Å². The predicted octanol–water partition coefficient (Wildman–Crippen LogP) is 1.64. The van der Waals surface area contributed by atoms with E-state index in [1.54, 1.807) is 0 Å². The van der Waals surface area contributed by atoms with Crippen LogP contribution >= 0.6 is 0 Å². The first kappa shape index (κ1) is 11.6. The summed E-state index contributed by atoms with van der Waals surface area (Å²) in [5.41, 5.74) is 1.23. The predicted molar refractivity (Wildman–Crippen MR) is 63.2 cm³/mol. The first-order chi connectivity index (χ1) is 7.81. The lowest BCUT2D eigenvalue weighted by atomic mass is 9.98. The molecule has 1 aliphatic heterocycles. The number of aromatic nitrogens is 2. The largest absolute Gasteiger partial charge is 0.376 e. The number of hydrogen-bond donors (Lipinski definition) is 1. The molecule has 1 aliphatic rings. The summed E-state index contributed by atoms with van der Waals surface area (Å²) in [6.45, 7) is 3.98. The van der Waals surface area contributed by atoms with E-state index in [4.69, 9.17) is 4.74 Å². The van der Waals surface area contributed by atoms with E-state index >= 15 is 0 Å². The van der Waals surface area contributed by atoms with E-state index in [0.29, 0.717) is 12.1 Å². The molecule has 0 radical (unpaired) electrons. The van der Waals surface area contributed by atoms with Crippen LogP contribution in [0.1, 0.15) is 37.8 Å². The summed E-state index contributed by atoms with van der Waals surface area (Å²) >= 11 is 0. The van der Waals surface area contributed by atoms with Gasteiger partial charge in [-0.1, -0.05) is 6.92 Å². The van der Waals surface area contributed by atoms with Crippen LogP contribution in [0.2, 0.25) is 0 Å². The first-order valence-electron chi connectivity index (χ1n) is 6.14. The summed E-state index contributed by atoms with van der Waals surface area (Å²) in [4.78, 5) is 0. The summed E-state index contributed by atoms with van der Waals surface area (Å²) in [7, 11) is 1.95. The third-order valence-corrected chi connectivity index (χ3v) is 3.09. The molecule has 1 aromatic heterocycles. The molecule has 16 heavy (non-hydrogen) atoms. The van der Waals surface area contributed by atoms with Crippen molar-refractivity contribution in [2.24, 2.45) is 7.05 Å². The molecule has 0 aromatic carbocycles. The van der Waals surface area contributed by atoms with Crippen LogP contribution in [0.3, 0.4) is 0 Å². The molecule has 0 saturated carbocycles. The topological polar surface area (TPSA) is 39.1 Å². The van der Waals surface area contributed by atoms with Gasteiger partial charge in [0.25, 0.3) is 0 Å². The maximum absolute atomic E-state index is 5.86. The average Bonchev–Trinajstić information content (AvgIpc) is 2.74. The van der Waals surface area contributed by atoms with Gasteiger partial charge in [0, 0.05) is 25.4 Å². The molecule has 1 saturated heterocycles. The van der Waals surface area contributed by atoms with Crippen LogP contribution in [0.15, 0.2) is 12.4 Å². The molecule has 0 amide bonds. The van der Waals surface area contributed by atoms with Gasteiger partial charge < -0.3 is 10.1 Å². The fourth-order valence-electron chi connectivity index (χ4n) is 2.31. The van der Waals surface area contributed by atoms with Crippen molar-refractivity contribution in [1.82, 2.24) is 15.1 Å². The summed E-state index contributed by atoms with van der Waals surface area (Å²) in [6, 6.07) is 0.291. The average molecular weight is 223 g/mol. The zero-order valence-electron chi connectivity index (χ0n) is 10.1. The SMILES string of the molecule is CCNC(c1cnn(C)c1)C1CCCCO1. The highest BCUT2D eigenvalue weighted by Crippen LogP contribution is 2.25. The summed E-state index contributed by atoms with van der Waals surface area (Å²) < 4.78 is 7.71. The Kier molecular flexibility index (Phi) is 3.96. The van der Waals surface area contributed by atoms with Crippen LogP contribution in [-0.2, 0) is 11.8 Å². The Bertz CT molecular complexity index is 318. The van der Waals surface area contributed by atoms with Crippen molar-refractivity contribution in [3.63, 3.8) is 0 Å². The van der Waals surface area contributed by atoms with Crippen molar-refractivity contribution in [2.45, 2.75) is 38.3 Å². The zero-order valence-corrected chi connectivity index (χ0v) is 10.1. The number of hydrogen-bond acceptors (Lipinski definition) is 3. The van der Waals surface area contributed by atoms with E-state index in [2.05, 4.69) is 23.5 Å². The molecule has 2 heterocycles. The van der Waals surface area contributed by atoms with Crippen LogP contribution in [0, 0.1) is 0 Å². The molecule has 1 fully saturated rings. The van der Waals surface area contributed by atoms with Gasteiger partial charge in [0.05, 0.1) is 18.3 Å². The Balaban J connectivity index is 2.09. The Morgan fingerprint density at radius 3 is 3.06 bits per heavy atom. The second kappa shape index (κ2) is 5.46. The number of rotatable bonds is 4. The molecule has 2 rings (SSSR count). The van der Waals surface area contributed by atoms with Gasteiger partial charge in [0.1, 0.15) is 0 Å². The van der Waals surface area contributed by atoms with Crippen LogP contribution in [0.4, 0.5) is 0 Å². The molecule has 0 bridgehead atoms. The smallest absolute Gasteiger partial charge is 0.0770 e. The quantitative estimate of drug-likeness (QED) is 0.843.